The zero-order valence-corrected chi connectivity index (χ0v) is 12.3. The van der Waals surface area contributed by atoms with Crippen LogP contribution in [0.4, 0.5) is 5.69 Å². The van der Waals surface area contributed by atoms with E-state index in [0.29, 0.717) is 11.0 Å². The Hall–Kier alpha value is -1.90. The molecule has 2 aromatic rings. The van der Waals surface area contributed by atoms with Crippen LogP contribution in [0.1, 0.15) is 13.8 Å². The Balaban J connectivity index is 2.38. The van der Waals surface area contributed by atoms with E-state index in [9.17, 15) is 9.67 Å². The summed E-state index contributed by atoms with van der Waals surface area (Å²) in [5.41, 5.74) is -0.731. The first-order valence-electron chi connectivity index (χ1n) is 6.24. The van der Waals surface area contributed by atoms with Gasteiger partial charge in [-0.05, 0) is 38.1 Å². The maximum absolute atomic E-state index is 12.6. The highest BCUT2D eigenvalue weighted by molar-refractivity contribution is 7.61. The van der Waals surface area contributed by atoms with Gasteiger partial charge in [-0.2, -0.15) is 5.11 Å². The summed E-state index contributed by atoms with van der Waals surface area (Å²) in [5.74, 6) is 0. The van der Waals surface area contributed by atoms with Gasteiger partial charge in [0.2, 0.25) is 5.30 Å². The lowest BCUT2D eigenvalue weighted by Crippen LogP contribution is -2.13. The van der Waals surface area contributed by atoms with E-state index < -0.39 is 13.5 Å². The summed E-state index contributed by atoms with van der Waals surface area (Å²) in [6.45, 7) is 3.08. The number of hydrogen-bond acceptors (Lipinski definition) is 4. The maximum atomic E-state index is 12.6. The molecule has 5 heteroatoms. The van der Waals surface area contributed by atoms with Crippen LogP contribution < -0.4 is 10.6 Å². The molecule has 1 atom stereocenters. The van der Waals surface area contributed by atoms with Gasteiger partial charge < -0.3 is 5.11 Å². The molecule has 4 nitrogen and oxygen atoms in total. The minimum Gasteiger partial charge on any atom is -0.368 e. The Morgan fingerprint density at radius 2 is 1.60 bits per heavy atom. The van der Waals surface area contributed by atoms with Gasteiger partial charge in [0, 0.05) is 0 Å². The quantitative estimate of drug-likeness (QED) is 0.693. The second-order valence-corrected chi connectivity index (χ2v) is 6.40. The third-order valence-electron chi connectivity index (χ3n) is 2.49. The molecule has 2 rings (SSSR count). The molecule has 102 valence electrons. The number of nitrogens with zero attached hydrogens (tertiary/aromatic N) is 2. The molecule has 0 radical (unpaired) electrons. The third kappa shape index (κ3) is 3.80. The molecule has 2 aromatic carbocycles. The van der Waals surface area contributed by atoms with E-state index in [0.717, 1.165) is 5.30 Å². The molecule has 0 amide bonds. The lowest BCUT2D eigenvalue weighted by Gasteiger charge is -2.07. The molecule has 0 aromatic heterocycles. The van der Waals surface area contributed by atoms with Crippen molar-refractivity contribution in [3.8, 4) is 0 Å². The van der Waals surface area contributed by atoms with Gasteiger partial charge in [-0.15, -0.1) is 5.11 Å². The van der Waals surface area contributed by atoms with Gasteiger partial charge in [0.25, 0.3) is 0 Å². The highest BCUT2D eigenvalue weighted by Crippen LogP contribution is 2.26. The fourth-order valence-corrected chi connectivity index (χ4v) is 2.87. The highest BCUT2D eigenvalue weighted by Gasteiger charge is 2.26. The molecule has 0 aliphatic heterocycles. The van der Waals surface area contributed by atoms with Crippen LogP contribution >= 0.6 is 7.80 Å². The number of aliphatic hydroxyl groups is 1. The van der Waals surface area contributed by atoms with E-state index in [4.69, 9.17) is 0 Å². The zero-order valence-electron chi connectivity index (χ0n) is 11.4. The third-order valence-corrected chi connectivity index (χ3v) is 4.08. The molecule has 20 heavy (non-hydrogen) atoms. The Morgan fingerprint density at radius 1 is 1.00 bits per heavy atom. The van der Waals surface area contributed by atoms with E-state index in [1.54, 1.807) is 18.2 Å². The first-order valence-corrected chi connectivity index (χ1v) is 7.50. The monoisotopic (exact) mass is 287 g/mol. The van der Waals surface area contributed by atoms with Crippen molar-refractivity contribution in [3.63, 3.8) is 0 Å². The molecular weight excluding hydrogens is 271 g/mol. The molecule has 0 saturated carbocycles. The van der Waals surface area contributed by atoms with Crippen molar-refractivity contribution in [2.45, 2.75) is 19.6 Å². The summed E-state index contributed by atoms with van der Waals surface area (Å²) in [5, 5.41) is 18.8. The topological polar surface area (TPSA) is 62.0 Å². The Kier molecular flexibility index (Phi) is 4.38. The lowest BCUT2D eigenvalue weighted by molar-refractivity contribution is 0.0831. The average Bonchev–Trinajstić information content (AvgIpc) is 2.45. The molecule has 1 N–H and O–H groups in total. The number of hydrogen-bond donors (Lipinski definition) is 1. The summed E-state index contributed by atoms with van der Waals surface area (Å²) < 4.78 is 12.6. The predicted octanol–water partition coefficient (Wildman–Crippen LogP) is 3.28. The van der Waals surface area contributed by atoms with E-state index in [-0.39, 0.29) is 0 Å². The summed E-state index contributed by atoms with van der Waals surface area (Å²) in [7, 11) is -1.72. The van der Waals surface area contributed by atoms with Crippen molar-refractivity contribution < 1.29 is 9.67 Å². The van der Waals surface area contributed by atoms with Crippen LogP contribution in [0.2, 0.25) is 0 Å². The van der Waals surface area contributed by atoms with Crippen molar-refractivity contribution in [2.75, 3.05) is 0 Å². The van der Waals surface area contributed by atoms with Crippen LogP contribution in [0.3, 0.4) is 0 Å². The second kappa shape index (κ2) is 6.04. The fourth-order valence-electron chi connectivity index (χ4n) is 1.60. The Morgan fingerprint density at radius 3 is 2.25 bits per heavy atom. The van der Waals surface area contributed by atoms with Crippen molar-refractivity contribution in [2.24, 2.45) is 10.2 Å². The van der Waals surface area contributed by atoms with Crippen molar-refractivity contribution in [1.29, 1.82) is 0 Å². The first-order chi connectivity index (χ1) is 9.47. The van der Waals surface area contributed by atoms with Gasteiger partial charge >= 0.3 is 7.80 Å². The average molecular weight is 287 g/mol. The molecule has 0 spiro atoms. The summed E-state index contributed by atoms with van der Waals surface area (Å²) in [6, 6.07) is 16.3. The van der Waals surface area contributed by atoms with E-state index in [1.807, 2.05) is 36.4 Å². The number of rotatable bonds is 4. The molecule has 0 aliphatic carbocycles. The molecule has 0 bridgehead atoms. The first kappa shape index (κ1) is 14.5. The fraction of sp³-hybridized carbons (Fsp3) is 0.200. The molecular formula is C15H16N2O2P+. The van der Waals surface area contributed by atoms with Crippen molar-refractivity contribution in [3.05, 3.63) is 54.6 Å². The highest BCUT2D eigenvalue weighted by atomic mass is 31.1. The van der Waals surface area contributed by atoms with Gasteiger partial charge in [-0.1, -0.05) is 34.9 Å². The maximum Gasteiger partial charge on any atom is 0.417 e. The van der Waals surface area contributed by atoms with Gasteiger partial charge in [-0.25, -0.2) is 0 Å². The van der Waals surface area contributed by atoms with Crippen molar-refractivity contribution in [1.82, 2.24) is 0 Å². The van der Waals surface area contributed by atoms with Gasteiger partial charge in [-0.3, -0.25) is 0 Å². The molecule has 0 heterocycles. The smallest absolute Gasteiger partial charge is 0.368 e. The van der Waals surface area contributed by atoms with Crippen LogP contribution in [-0.2, 0) is 4.57 Å². The van der Waals surface area contributed by atoms with Gasteiger partial charge in [0.1, 0.15) is 5.69 Å². The second-order valence-electron chi connectivity index (χ2n) is 4.81. The van der Waals surface area contributed by atoms with Crippen molar-refractivity contribution >= 4 is 24.1 Å². The minimum atomic E-state index is -1.72. The normalized spacial score (nSPS) is 12.7. The summed E-state index contributed by atoms with van der Waals surface area (Å²) in [4.78, 5) is 0. The minimum absolute atomic E-state index is 0.514. The van der Waals surface area contributed by atoms with E-state index in [1.165, 1.54) is 13.8 Å². The number of benzene rings is 2. The van der Waals surface area contributed by atoms with Crippen LogP contribution in [0, 0.1) is 0 Å². The lowest BCUT2D eigenvalue weighted by atomic mass is 10.3. The largest absolute Gasteiger partial charge is 0.417 e. The molecule has 0 aliphatic rings. The van der Waals surface area contributed by atoms with E-state index >= 15 is 0 Å². The van der Waals surface area contributed by atoms with E-state index in [2.05, 4.69) is 10.2 Å². The molecule has 1 unspecified atom stereocenters. The van der Waals surface area contributed by atoms with Crippen LogP contribution in [0.15, 0.2) is 64.8 Å². The Labute approximate surface area is 119 Å². The SMILES string of the molecule is CC(C)(O)N=Nc1ccccc1[P+](=O)c1ccccc1. The van der Waals surface area contributed by atoms with Crippen LogP contribution in [0.25, 0.3) is 0 Å². The summed E-state index contributed by atoms with van der Waals surface area (Å²) >= 11 is 0. The zero-order chi connectivity index (χ0) is 14.6. The number of azo groups is 1. The molecule has 0 fully saturated rings. The molecule has 0 saturated heterocycles. The van der Waals surface area contributed by atoms with Crippen LogP contribution in [-0.4, -0.2) is 10.8 Å². The van der Waals surface area contributed by atoms with Gasteiger partial charge in [0.05, 0.1) is 0 Å². The standard InChI is InChI=1S/C15H16N2O2P/c1-15(2,18)17-16-13-10-6-7-11-14(13)20(19)12-8-4-3-5-9-12/h3-11,18H,1-2H3/q+1. The Bertz CT molecular complexity index is 634. The predicted molar refractivity (Wildman–Crippen MR) is 80.6 cm³/mol. The van der Waals surface area contributed by atoms with Crippen LogP contribution in [0.5, 0.6) is 0 Å². The van der Waals surface area contributed by atoms with Gasteiger partial charge in [0.15, 0.2) is 11.0 Å². The summed E-state index contributed by atoms with van der Waals surface area (Å²) in [6.07, 6.45) is 0.